The molecule has 156 valence electrons. The van der Waals surface area contributed by atoms with Crippen LogP contribution in [0, 0.1) is 58.2 Å². The van der Waals surface area contributed by atoms with Crippen molar-refractivity contribution in [3.63, 3.8) is 0 Å². The number of aromatic hydroxyl groups is 2. The quantitative estimate of drug-likeness (QED) is 0.154. The van der Waals surface area contributed by atoms with Crippen molar-refractivity contribution >= 4 is 32.3 Å². The third kappa shape index (κ3) is 2.10. The first kappa shape index (κ1) is 19.9. The van der Waals surface area contributed by atoms with Crippen LogP contribution >= 0.6 is 0 Å². The molecule has 0 aliphatic rings. The van der Waals surface area contributed by atoms with Crippen molar-refractivity contribution in [2.75, 3.05) is 0 Å². The molecule has 0 aliphatic carbocycles. The second kappa shape index (κ2) is 6.03. The fraction of sp³-hybridized carbons (Fsp3) is 0. The van der Waals surface area contributed by atoms with Gasteiger partial charge in [-0.1, -0.05) is 0 Å². The molecule has 0 saturated heterocycles. The highest BCUT2D eigenvalue weighted by Crippen LogP contribution is 2.49. The summed E-state index contributed by atoms with van der Waals surface area (Å²) in [7, 11) is 0. The average Bonchev–Trinajstić information content (AvgIpc) is 2.73. The smallest absolute Gasteiger partial charge is 0.204 e. The minimum atomic E-state index is -2.56. The molecule has 2 nitrogen and oxygen atoms in total. The van der Waals surface area contributed by atoms with Gasteiger partial charge in [-0.25, -0.2) is 35.1 Å². The summed E-state index contributed by atoms with van der Waals surface area (Å²) < 4.78 is 141. The van der Waals surface area contributed by atoms with Gasteiger partial charge in [0.15, 0.2) is 58.0 Å². The van der Waals surface area contributed by atoms with Gasteiger partial charge in [-0.3, -0.25) is 0 Å². The van der Waals surface area contributed by atoms with Crippen molar-refractivity contribution in [3.05, 3.63) is 58.2 Å². The molecule has 30 heavy (non-hydrogen) atoms. The van der Waals surface area contributed by atoms with Crippen LogP contribution in [-0.4, -0.2) is 10.2 Å². The van der Waals surface area contributed by atoms with Gasteiger partial charge in [0.1, 0.15) is 0 Å². The van der Waals surface area contributed by atoms with Crippen molar-refractivity contribution in [1.82, 2.24) is 0 Å². The minimum Gasteiger partial charge on any atom is -0.504 e. The molecule has 4 aromatic carbocycles. The molecule has 0 radical (unpaired) electrons. The molecule has 0 fully saturated rings. The summed E-state index contributed by atoms with van der Waals surface area (Å²) in [5, 5.41) is 9.69. The van der Waals surface area contributed by atoms with Crippen LogP contribution in [0.1, 0.15) is 0 Å². The lowest BCUT2D eigenvalue weighted by Crippen LogP contribution is -2.05. The normalized spacial score (nSPS) is 11.9. The predicted molar refractivity (Wildman–Crippen MR) is 81.9 cm³/mol. The lowest BCUT2D eigenvalue weighted by atomic mass is 9.91. The van der Waals surface area contributed by atoms with Crippen molar-refractivity contribution in [1.29, 1.82) is 0 Å². The van der Waals surface area contributed by atoms with Gasteiger partial charge in [-0.2, -0.15) is 8.78 Å². The Morgan fingerprint density at radius 2 is 0.467 bits per heavy atom. The monoisotopic (exact) mass is 440 g/mol. The minimum absolute atomic E-state index is 1.62. The van der Waals surface area contributed by atoms with Gasteiger partial charge in [0.05, 0.1) is 0 Å². The van der Waals surface area contributed by atoms with Gasteiger partial charge in [0, 0.05) is 32.3 Å². The van der Waals surface area contributed by atoms with E-state index in [2.05, 4.69) is 0 Å². The van der Waals surface area contributed by atoms with Gasteiger partial charge in [0.2, 0.25) is 11.6 Å². The highest BCUT2D eigenvalue weighted by molar-refractivity contribution is 6.28. The van der Waals surface area contributed by atoms with E-state index in [9.17, 15) is 54.1 Å². The zero-order valence-corrected chi connectivity index (χ0v) is 13.7. The van der Waals surface area contributed by atoms with E-state index in [0.29, 0.717) is 0 Å². The first-order valence-electron chi connectivity index (χ1n) is 7.59. The molecule has 4 aromatic rings. The summed E-state index contributed by atoms with van der Waals surface area (Å²) in [5.74, 6) is -28.5. The molecule has 0 atom stereocenters. The Morgan fingerprint density at radius 3 is 0.700 bits per heavy atom. The van der Waals surface area contributed by atoms with Gasteiger partial charge >= 0.3 is 0 Å². The zero-order chi connectivity index (χ0) is 22.4. The van der Waals surface area contributed by atoms with Crippen LogP contribution in [0.4, 0.5) is 43.9 Å². The zero-order valence-electron chi connectivity index (χ0n) is 13.7. The molecule has 0 saturated carbocycles. The standard InChI is InChI=1S/C18H2F10O2/c19-7-1-2(8(20)12(24)11(7)23)6-4(10(22)14(26)16(28)18(6)30)3-5(1)17(29)15(27)13(25)9(3)21/h29-30H. The fourth-order valence-corrected chi connectivity index (χ4v) is 3.35. The Morgan fingerprint density at radius 1 is 0.267 bits per heavy atom. The molecule has 4 rings (SSSR count). The Labute approximate surface area is 157 Å². The highest BCUT2D eigenvalue weighted by atomic mass is 19.2. The largest absolute Gasteiger partial charge is 0.504 e. The third-order valence-corrected chi connectivity index (χ3v) is 4.62. The molecular formula is C18H2F10O2. The van der Waals surface area contributed by atoms with Crippen LogP contribution in [-0.2, 0) is 0 Å². The predicted octanol–water partition coefficient (Wildman–Crippen LogP) is 5.95. The van der Waals surface area contributed by atoms with Crippen LogP contribution in [0.15, 0.2) is 0 Å². The Balaban J connectivity index is 2.66. The SMILES string of the molecule is Oc1c(F)c(F)c(F)c2c1c1c(F)c(F)c(F)c(F)c1c1c(O)c(F)c(F)c(F)c12. The van der Waals surface area contributed by atoms with E-state index in [4.69, 9.17) is 0 Å². The lowest BCUT2D eigenvalue weighted by molar-refractivity contribution is 0.392. The second-order valence-corrected chi connectivity index (χ2v) is 6.09. The van der Waals surface area contributed by atoms with Gasteiger partial charge in [0.25, 0.3) is 0 Å². The first-order valence-corrected chi connectivity index (χ1v) is 7.59. The Kier molecular flexibility index (Phi) is 3.99. The molecule has 0 aromatic heterocycles. The first-order chi connectivity index (χ1) is 13.9. The van der Waals surface area contributed by atoms with Crippen LogP contribution in [0.2, 0.25) is 0 Å². The number of hydrogen-bond acceptors (Lipinski definition) is 2. The molecule has 0 heterocycles. The number of benzene rings is 4. The second-order valence-electron chi connectivity index (χ2n) is 6.09. The van der Waals surface area contributed by atoms with Crippen molar-refractivity contribution in [3.8, 4) is 11.5 Å². The van der Waals surface area contributed by atoms with Crippen molar-refractivity contribution < 1.29 is 54.1 Å². The number of fused-ring (bicyclic) bond motifs is 6. The number of halogens is 10. The highest BCUT2D eigenvalue weighted by Gasteiger charge is 2.34. The van der Waals surface area contributed by atoms with Crippen LogP contribution in [0.5, 0.6) is 11.5 Å². The Hall–Kier alpha value is -3.44. The number of phenolic OH excluding ortho intramolecular Hbond substituents is 2. The maximum Gasteiger partial charge on any atom is 0.204 e. The summed E-state index contributed by atoms with van der Waals surface area (Å²) in [6.07, 6.45) is 0. The van der Waals surface area contributed by atoms with E-state index in [1.165, 1.54) is 0 Å². The molecule has 0 amide bonds. The van der Waals surface area contributed by atoms with Crippen LogP contribution < -0.4 is 0 Å². The fourth-order valence-electron chi connectivity index (χ4n) is 3.35. The summed E-state index contributed by atoms with van der Waals surface area (Å²) in [6.45, 7) is 0. The molecule has 0 unspecified atom stereocenters. The van der Waals surface area contributed by atoms with E-state index >= 15 is 0 Å². The number of phenols is 2. The maximum absolute atomic E-state index is 14.5. The van der Waals surface area contributed by atoms with E-state index in [0.717, 1.165) is 0 Å². The molecular weight excluding hydrogens is 438 g/mol. The average molecular weight is 440 g/mol. The topological polar surface area (TPSA) is 40.5 Å². The van der Waals surface area contributed by atoms with Gasteiger partial charge < -0.3 is 10.2 Å². The van der Waals surface area contributed by atoms with Crippen LogP contribution in [0.3, 0.4) is 0 Å². The van der Waals surface area contributed by atoms with E-state index < -0.39 is 102 Å². The molecule has 0 spiro atoms. The van der Waals surface area contributed by atoms with E-state index in [-0.39, 0.29) is 0 Å². The molecule has 12 heteroatoms. The Bertz CT molecular complexity index is 1150. The summed E-state index contributed by atoms with van der Waals surface area (Å²) in [4.78, 5) is 0. The van der Waals surface area contributed by atoms with Gasteiger partial charge in [-0.15, -0.1) is 0 Å². The molecule has 0 aliphatic heterocycles. The number of rotatable bonds is 0. The third-order valence-electron chi connectivity index (χ3n) is 4.62. The summed E-state index contributed by atoms with van der Waals surface area (Å²) in [5.41, 5.74) is 0. The molecule has 2 N–H and O–H groups in total. The van der Waals surface area contributed by atoms with E-state index in [1.807, 2.05) is 0 Å². The molecule has 0 bridgehead atoms. The summed E-state index contributed by atoms with van der Waals surface area (Å²) >= 11 is 0. The summed E-state index contributed by atoms with van der Waals surface area (Å²) in [6, 6.07) is 0. The van der Waals surface area contributed by atoms with Crippen LogP contribution in [0.25, 0.3) is 32.3 Å². The maximum atomic E-state index is 14.5. The number of hydrogen-bond donors (Lipinski definition) is 2. The van der Waals surface area contributed by atoms with Crippen molar-refractivity contribution in [2.24, 2.45) is 0 Å². The van der Waals surface area contributed by atoms with Crippen molar-refractivity contribution in [2.45, 2.75) is 0 Å². The van der Waals surface area contributed by atoms with Gasteiger partial charge in [-0.05, 0) is 0 Å². The van der Waals surface area contributed by atoms with E-state index in [1.54, 1.807) is 0 Å². The lowest BCUT2D eigenvalue weighted by Gasteiger charge is -2.17.